The van der Waals surface area contributed by atoms with E-state index in [0.29, 0.717) is 0 Å². The standard InChI is InChI=1S/3C14H29O.Al/c3*1-4-7-8-9-10-13-14(15,11-5-2)12-6-3;/h3*4-13H2,1-3H3;/q3*-1;+3. The molecule has 0 saturated heterocycles. The van der Waals surface area contributed by atoms with E-state index in [0.717, 1.165) is 96.3 Å². The summed E-state index contributed by atoms with van der Waals surface area (Å²) < 4.78 is 22.8. The van der Waals surface area contributed by atoms with Crippen molar-refractivity contribution in [2.45, 2.75) is 272 Å². The van der Waals surface area contributed by atoms with Crippen molar-refractivity contribution in [2.24, 2.45) is 0 Å². The summed E-state index contributed by atoms with van der Waals surface area (Å²) in [4.78, 5) is 0. The van der Waals surface area contributed by atoms with Crippen molar-refractivity contribution in [3.63, 3.8) is 0 Å². The zero-order chi connectivity index (χ0) is 34.4. The molecule has 0 rings (SSSR count). The monoisotopic (exact) mass is 667 g/mol. The molecule has 0 amide bonds. The summed E-state index contributed by atoms with van der Waals surface area (Å²) in [5.41, 5.74) is -0.324. The highest BCUT2D eigenvalue weighted by Gasteiger charge is 2.50. The Hall–Kier alpha value is 0.412. The maximum atomic E-state index is 7.61. The summed E-state index contributed by atoms with van der Waals surface area (Å²) in [6.45, 7) is 21.1. The summed E-state index contributed by atoms with van der Waals surface area (Å²) in [5, 5.41) is 0. The van der Waals surface area contributed by atoms with Gasteiger partial charge in [0.05, 0.1) is 0 Å². The Labute approximate surface area is 297 Å². The SMILES string of the molecule is CCCCCCCC(CCC)(CCC)[O][Al]([O]C(CCC)(CCC)CCCCCCC)[O]C(CCC)(CCC)CCCCCCC. The van der Waals surface area contributed by atoms with E-state index in [-0.39, 0.29) is 16.8 Å². The van der Waals surface area contributed by atoms with Gasteiger partial charge in [-0.3, -0.25) is 0 Å². The molecule has 0 saturated carbocycles. The lowest BCUT2D eigenvalue weighted by Gasteiger charge is -2.44. The number of hydrogen-bond donors (Lipinski definition) is 0. The van der Waals surface area contributed by atoms with Crippen LogP contribution in [0.5, 0.6) is 0 Å². The summed E-state index contributed by atoms with van der Waals surface area (Å²) in [6.07, 6.45) is 37.0. The fourth-order valence-electron chi connectivity index (χ4n) is 8.23. The van der Waals surface area contributed by atoms with E-state index < -0.39 is 15.1 Å². The Bertz CT molecular complexity index is 535. The second-order valence-electron chi connectivity index (χ2n) is 15.2. The third-order valence-electron chi connectivity index (χ3n) is 10.5. The number of hydrogen-bond acceptors (Lipinski definition) is 3. The molecule has 0 aliphatic carbocycles. The molecule has 0 unspecified atom stereocenters. The van der Waals surface area contributed by atoms with Gasteiger partial charge in [0.25, 0.3) is 0 Å². The molecule has 0 bridgehead atoms. The summed E-state index contributed by atoms with van der Waals surface area (Å²) in [7, 11) is 0. The van der Waals surface area contributed by atoms with Crippen molar-refractivity contribution in [3.05, 3.63) is 0 Å². The molecule has 0 N–H and O–H groups in total. The first kappa shape index (κ1) is 46.4. The van der Waals surface area contributed by atoms with Crippen LogP contribution in [0.3, 0.4) is 0 Å². The first-order valence-corrected chi connectivity index (χ1v) is 22.8. The van der Waals surface area contributed by atoms with E-state index in [2.05, 4.69) is 62.3 Å². The minimum atomic E-state index is -2.49. The van der Waals surface area contributed by atoms with Crippen molar-refractivity contribution in [2.75, 3.05) is 0 Å². The van der Waals surface area contributed by atoms with Gasteiger partial charge in [-0.15, -0.1) is 0 Å². The Balaban J connectivity index is 6.63. The van der Waals surface area contributed by atoms with E-state index in [1.54, 1.807) is 0 Å². The van der Waals surface area contributed by atoms with Crippen LogP contribution >= 0.6 is 0 Å². The van der Waals surface area contributed by atoms with Crippen LogP contribution < -0.4 is 0 Å². The van der Waals surface area contributed by atoms with Crippen molar-refractivity contribution in [3.8, 4) is 0 Å². The Kier molecular flexibility index (Phi) is 30.5. The van der Waals surface area contributed by atoms with Crippen LogP contribution in [0.1, 0.15) is 255 Å². The van der Waals surface area contributed by atoms with Crippen LogP contribution in [-0.2, 0) is 11.4 Å². The van der Waals surface area contributed by atoms with Crippen LogP contribution in [0, 0.1) is 0 Å². The highest BCUT2D eigenvalue weighted by molar-refractivity contribution is 6.37. The van der Waals surface area contributed by atoms with Gasteiger partial charge in [0.2, 0.25) is 0 Å². The quantitative estimate of drug-likeness (QED) is 0.0492. The number of rotatable bonds is 36. The Morgan fingerprint density at radius 2 is 0.478 bits per heavy atom. The third kappa shape index (κ3) is 20.8. The Morgan fingerprint density at radius 1 is 0.261 bits per heavy atom. The second-order valence-corrected chi connectivity index (χ2v) is 16.5. The van der Waals surface area contributed by atoms with Gasteiger partial charge in [0, 0.05) is 16.8 Å². The summed E-state index contributed by atoms with van der Waals surface area (Å²) >= 11 is -2.49. The molecule has 0 aromatic heterocycles. The van der Waals surface area contributed by atoms with Gasteiger partial charge >= 0.3 is 15.1 Å². The minimum absolute atomic E-state index is 0.108. The average Bonchev–Trinajstić information content (AvgIpc) is 3.01. The molecule has 0 heterocycles. The molecule has 46 heavy (non-hydrogen) atoms. The lowest BCUT2D eigenvalue weighted by atomic mass is 9.87. The molecule has 0 aromatic carbocycles. The van der Waals surface area contributed by atoms with E-state index in [1.807, 2.05) is 0 Å². The largest absolute Gasteiger partial charge is 0.906 e. The fourth-order valence-corrected chi connectivity index (χ4v) is 10.7. The van der Waals surface area contributed by atoms with Gasteiger partial charge < -0.3 is 11.4 Å². The molecule has 276 valence electrons. The molecule has 0 aliphatic rings. The predicted octanol–water partition coefficient (Wildman–Crippen LogP) is 15.1. The maximum absolute atomic E-state index is 7.61. The lowest BCUT2D eigenvalue weighted by Crippen LogP contribution is -2.51. The molecule has 3 nitrogen and oxygen atoms in total. The zero-order valence-electron chi connectivity index (χ0n) is 33.5. The smallest absolute Gasteiger partial charge is 0.449 e. The van der Waals surface area contributed by atoms with E-state index in [4.69, 9.17) is 11.4 Å². The Morgan fingerprint density at radius 3 is 0.674 bits per heavy atom. The second kappa shape index (κ2) is 30.3. The molecule has 0 spiro atoms. The first-order valence-electron chi connectivity index (χ1n) is 21.4. The van der Waals surface area contributed by atoms with Crippen LogP contribution in [0.15, 0.2) is 0 Å². The van der Waals surface area contributed by atoms with Gasteiger partial charge in [-0.25, -0.2) is 0 Å². The van der Waals surface area contributed by atoms with E-state index in [1.165, 1.54) is 96.3 Å². The minimum Gasteiger partial charge on any atom is -0.449 e. The van der Waals surface area contributed by atoms with Crippen molar-refractivity contribution in [1.82, 2.24) is 0 Å². The molecule has 4 heteroatoms. The van der Waals surface area contributed by atoms with Crippen LogP contribution in [0.4, 0.5) is 0 Å². The van der Waals surface area contributed by atoms with Gasteiger partial charge in [-0.05, 0) is 57.8 Å². The topological polar surface area (TPSA) is 27.7 Å². The molecule has 0 aliphatic heterocycles. The zero-order valence-corrected chi connectivity index (χ0v) is 34.7. The summed E-state index contributed by atoms with van der Waals surface area (Å²) in [6, 6.07) is 0. The van der Waals surface area contributed by atoms with Gasteiger partial charge in [0.1, 0.15) is 0 Å². The third-order valence-corrected chi connectivity index (χ3v) is 12.6. The number of unbranched alkanes of at least 4 members (excludes halogenated alkanes) is 12. The van der Waals surface area contributed by atoms with Crippen molar-refractivity contribution >= 4 is 15.1 Å². The molecular formula is C42H87AlO3. The average molecular weight is 667 g/mol. The van der Waals surface area contributed by atoms with Crippen LogP contribution in [0.2, 0.25) is 0 Å². The van der Waals surface area contributed by atoms with E-state index >= 15 is 0 Å². The molecule has 0 atom stereocenters. The van der Waals surface area contributed by atoms with Gasteiger partial charge in [0.15, 0.2) is 0 Å². The van der Waals surface area contributed by atoms with Crippen LogP contribution in [0.25, 0.3) is 0 Å². The van der Waals surface area contributed by atoms with Gasteiger partial charge in [-0.1, -0.05) is 197 Å². The molecule has 0 radical (unpaired) electrons. The maximum Gasteiger partial charge on any atom is 0.906 e. The normalized spacial score (nSPS) is 12.7. The molecule has 0 fully saturated rings. The molecular weight excluding hydrogens is 579 g/mol. The van der Waals surface area contributed by atoms with Crippen molar-refractivity contribution in [1.29, 1.82) is 0 Å². The van der Waals surface area contributed by atoms with Crippen molar-refractivity contribution < 1.29 is 11.4 Å². The first-order chi connectivity index (χ1) is 22.3. The van der Waals surface area contributed by atoms with Gasteiger partial charge in [-0.2, -0.15) is 0 Å². The highest BCUT2D eigenvalue weighted by atomic mass is 27.3. The fraction of sp³-hybridized carbons (Fsp3) is 1.00. The highest BCUT2D eigenvalue weighted by Crippen LogP contribution is 2.39. The summed E-state index contributed by atoms with van der Waals surface area (Å²) in [5.74, 6) is 0. The van der Waals surface area contributed by atoms with E-state index in [9.17, 15) is 0 Å². The predicted molar refractivity (Wildman–Crippen MR) is 207 cm³/mol. The van der Waals surface area contributed by atoms with Crippen LogP contribution in [-0.4, -0.2) is 32.0 Å². The lowest BCUT2D eigenvalue weighted by molar-refractivity contribution is -0.111. The molecule has 0 aromatic rings.